The number of phosphoric ester groups is 1. The molecular weight excluding hydrogens is 761 g/mol. The number of likely N-dealkylation sites (N-methyl/N-ethyl adjacent to an activating group) is 1. The molecule has 1 unspecified atom stereocenters. The molecule has 0 bridgehead atoms. The molecule has 0 saturated heterocycles. The lowest BCUT2D eigenvalue weighted by Crippen LogP contribution is -2.37. The van der Waals surface area contributed by atoms with Crippen LogP contribution in [-0.4, -0.2) is 104 Å². The van der Waals surface area contributed by atoms with Gasteiger partial charge in [-0.05, 0) is 32.1 Å². The van der Waals surface area contributed by atoms with E-state index in [1.807, 2.05) is 40.2 Å². The number of carbonyl (C=O) groups excluding carboxylic acids is 2. The topological polar surface area (TPSA) is 172 Å². The molecule has 0 fully saturated rings. The quantitative estimate of drug-likeness (QED) is 0.0136. The van der Waals surface area contributed by atoms with Crippen LogP contribution >= 0.6 is 7.82 Å². The summed E-state index contributed by atoms with van der Waals surface area (Å²) in [6.45, 7) is 3.62. The van der Waals surface area contributed by atoms with Crippen molar-refractivity contribution in [2.24, 2.45) is 0 Å². The average Bonchev–Trinajstić information content (AvgIpc) is 3.16. The molecular formula is C45H80NO11P. The predicted molar refractivity (Wildman–Crippen MR) is 231 cm³/mol. The minimum atomic E-state index is -4.71. The number of nitrogens with zero attached hydrogens (tertiary/aromatic N) is 1. The molecule has 0 saturated carbocycles. The second-order valence-corrected chi connectivity index (χ2v) is 17.3. The zero-order valence-electron chi connectivity index (χ0n) is 36.6. The molecule has 0 spiro atoms. The number of hydrogen-bond acceptors (Lipinski definition) is 11. The van der Waals surface area contributed by atoms with E-state index < -0.39 is 57.4 Å². The van der Waals surface area contributed by atoms with E-state index in [1.165, 1.54) is 70.3 Å². The van der Waals surface area contributed by atoms with Crippen molar-refractivity contribution in [1.29, 1.82) is 0 Å². The summed E-state index contributed by atoms with van der Waals surface area (Å²) in [6, 6.07) is 0. The van der Waals surface area contributed by atoms with Crippen molar-refractivity contribution < 1.29 is 57.4 Å². The van der Waals surface area contributed by atoms with E-state index in [4.69, 9.17) is 18.5 Å². The van der Waals surface area contributed by atoms with E-state index in [-0.39, 0.29) is 32.3 Å². The molecule has 5 atom stereocenters. The summed E-state index contributed by atoms with van der Waals surface area (Å²) in [5.41, 5.74) is 0. The number of hydrogen-bond donors (Lipinski definition) is 3. The summed E-state index contributed by atoms with van der Waals surface area (Å²) in [5.74, 6) is -1.17. The van der Waals surface area contributed by atoms with Crippen LogP contribution in [0.3, 0.4) is 0 Å². The molecule has 0 rings (SSSR count). The van der Waals surface area contributed by atoms with Crippen LogP contribution < -0.4 is 4.89 Å². The Balaban J connectivity index is 4.70. The summed E-state index contributed by atoms with van der Waals surface area (Å²) >= 11 is 0. The van der Waals surface area contributed by atoms with Crippen molar-refractivity contribution in [1.82, 2.24) is 0 Å². The van der Waals surface area contributed by atoms with Gasteiger partial charge >= 0.3 is 11.9 Å². The fraction of sp³-hybridized carbons (Fsp3) is 0.733. The van der Waals surface area contributed by atoms with Crippen LogP contribution in [0, 0.1) is 0 Å². The lowest BCUT2D eigenvalue weighted by Gasteiger charge is -2.28. The van der Waals surface area contributed by atoms with Crippen LogP contribution in [0.25, 0.3) is 0 Å². The molecule has 13 heteroatoms. The third-order valence-corrected chi connectivity index (χ3v) is 10.1. The Morgan fingerprint density at radius 3 is 1.78 bits per heavy atom. The minimum absolute atomic E-state index is 0.0793. The number of rotatable bonds is 38. The van der Waals surface area contributed by atoms with Gasteiger partial charge in [-0.15, -0.1) is 0 Å². The van der Waals surface area contributed by atoms with Crippen LogP contribution in [0.15, 0.2) is 60.8 Å². The van der Waals surface area contributed by atoms with Gasteiger partial charge in [0.05, 0.1) is 46.1 Å². The third kappa shape index (κ3) is 37.8. The SMILES string of the molecule is CC/C=C\C[C@@H](O)/C=C/C=C/C=C\C=C/[C@H](O)[C@@H](O)CCCC(=O)OC[C@H](COP(=O)([O-])OCC[N+](C)(C)C)OC(=O)CCCCCCCCCCCCCCCC. The van der Waals surface area contributed by atoms with Gasteiger partial charge in [-0.3, -0.25) is 14.2 Å². The number of unbranched alkanes of at least 4 members (excludes halogenated alkanes) is 13. The number of aliphatic hydroxyl groups is 3. The second-order valence-electron chi connectivity index (χ2n) is 15.9. The van der Waals surface area contributed by atoms with Gasteiger partial charge in [-0.2, -0.15) is 0 Å². The fourth-order valence-electron chi connectivity index (χ4n) is 5.58. The Morgan fingerprint density at radius 2 is 1.21 bits per heavy atom. The Kier molecular flexibility index (Phi) is 34.9. The van der Waals surface area contributed by atoms with E-state index in [0.717, 1.165) is 25.7 Å². The monoisotopic (exact) mass is 842 g/mol. The number of aliphatic hydroxyl groups excluding tert-OH is 3. The van der Waals surface area contributed by atoms with E-state index in [2.05, 4.69) is 6.92 Å². The minimum Gasteiger partial charge on any atom is -0.756 e. The highest BCUT2D eigenvalue weighted by molar-refractivity contribution is 7.45. The first-order valence-corrected chi connectivity index (χ1v) is 23.3. The zero-order chi connectivity index (χ0) is 43.3. The summed E-state index contributed by atoms with van der Waals surface area (Å²) in [4.78, 5) is 37.6. The highest BCUT2D eigenvalue weighted by Crippen LogP contribution is 2.38. The van der Waals surface area contributed by atoms with Crippen molar-refractivity contribution in [3.05, 3.63) is 60.8 Å². The van der Waals surface area contributed by atoms with Gasteiger partial charge in [0.1, 0.15) is 19.8 Å². The highest BCUT2D eigenvalue weighted by atomic mass is 31.2. The van der Waals surface area contributed by atoms with E-state index in [1.54, 1.807) is 42.5 Å². The second kappa shape index (κ2) is 36.4. The molecule has 0 heterocycles. The molecule has 0 aromatic rings. The van der Waals surface area contributed by atoms with Crippen LogP contribution in [0.2, 0.25) is 0 Å². The maximum absolute atomic E-state index is 12.7. The molecule has 336 valence electrons. The van der Waals surface area contributed by atoms with Crippen molar-refractivity contribution in [2.75, 3.05) is 47.5 Å². The first-order chi connectivity index (χ1) is 27.7. The van der Waals surface area contributed by atoms with Crippen molar-refractivity contribution in [2.45, 2.75) is 167 Å². The first-order valence-electron chi connectivity index (χ1n) is 21.8. The summed E-state index contributed by atoms with van der Waals surface area (Å²) in [6.07, 6.45) is 32.0. The van der Waals surface area contributed by atoms with Crippen LogP contribution in [-0.2, 0) is 32.7 Å². The van der Waals surface area contributed by atoms with Gasteiger partial charge in [0.15, 0.2) is 6.10 Å². The van der Waals surface area contributed by atoms with Crippen molar-refractivity contribution in [3.63, 3.8) is 0 Å². The molecule has 0 aliphatic carbocycles. The number of phosphoric acid groups is 1. The zero-order valence-corrected chi connectivity index (χ0v) is 37.4. The largest absolute Gasteiger partial charge is 0.756 e. The number of quaternary nitrogens is 1. The predicted octanol–water partition coefficient (Wildman–Crippen LogP) is 8.35. The molecule has 0 aromatic carbocycles. The Bertz CT molecular complexity index is 1230. The average molecular weight is 842 g/mol. The Labute approximate surface area is 351 Å². The lowest BCUT2D eigenvalue weighted by molar-refractivity contribution is -0.870. The van der Waals surface area contributed by atoms with Crippen LogP contribution in [0.5, 0.6) is 0 Å². The molecule has 0 aliphatic rings. The molecule has 58 heavy (non-hydrogen) atoms. The summed E-state index contributed by atoms with van der Waals surface area (Å²) in [5, 5.41) is 30.4. The maximum Gasteiger partial charge on any atom is 0.306 e. The van der Waals surface area contributed by atoms with Gasteiger partial charge in [0, 0.05) is 12.8 Å². The number of ether oxygens (including phenoxy) is 2. The standard InChI is InChI=1S/C45H80NO11P/c1-6-8-10-11-12-13-14-15-16-17-18-19-24-28-34-45(51)57-41(39-56-58(52,53)55-37-36-46(3,4)5)38-54-44(50)35-29-33-43(49)42(48)32-27-23-21-20-22-26-31-40(47)30-25-9-7-2/h9,20-23,25-27,31-32,40-43,47-49H,6-8,10-19,24,28-30,33-39H2,1-5H3/b22-20+,23-21-,25-9-,31-26+,32-27-/t40-,41-,42+,43+/m1/s1. The van der Waals surface area contributed by atoms with Gasteiger partial charge < -0.3 is 43.2 Å². The normalized spacial score (nSPS) is 15.8. The van der Waals surface area contributed by atoms with Gasteiger partial charge in [0.25, 0.3) is 7.82 Å². The van der Waals surface area contributed by atoms with Crippen LogP contribution in [0.4, 0.5) is 0 Å². The molecule has 0 radical (unpaired) electrons. The molecule has 3 N–H and O–H groups in total. The Morgan fingerprint density at radius 1 is 0.672 bits per heavy atom. The van der Waals surface area contributed by atoms with Crippen molar-refractivity contribution >= 4 is 19.8 Å². The van der Waals surface area contributed by atoms with Gasteiger partial charge in [-0.1, -0.05) is 158 Å². The van der Waals surface area contributed by atoms with E-state index >= 15 is 0 Å². The highest BCUT2D eigenvalue weighted by Gasteiger charge is 2.22. The summed E-state index contributed by atoms with van der Waals surface area (Å²) < 4.78 is 33.6. The lowest BCUT2D eigenvalue weighted by atomic mass is 10.0. The van der Waals surface area contributed by atoms with E-state index in [0.29, 0.717) is 23.9 Å². The molecule has 0 aromatic heterocycles. The molecule has 12 nitrogen and oxygen atoms in total. The van der Waals surface area contributed by atoms with Gasteiger partial charge in [-0.25, -0.2) is 0 Å². The number of esters is 2. The van der Waals surface area contributed by atoms with Gasteiger partial charge in [0.2, 0.25) is 0 Å². The molecule has 0 aliphatic heterocycles. The van der Waals surface area contributed by atoms with Crippen LogP contribution in [0.1, 0.15) is 142 Å². The van der Waals surface area contributed by atoms with E-state index in [9.17, 15) is 34.4 Å². The summed E-state index contributed by atoms with van der Waals surface area (Å²) in [7, 11) is 0.970. The smallest absolute Gasteiger partial charge is 0.306 e. The number of carbonyl (C=O) groups is 2. The molecule has 0 amide bonds. The van der Waals surface area contributed by atoms with Crippen molar-refractivity contribution in [3.8, 4) is 0 Å². The Hall–Kier alpha value is -2.41. The number of allylic oxidation sites excluding steroid dienone is 7. The fourth-order valence-corrected chi connectivity index (χ4v) is 6.31. The third-order valence-electron chi connectivity index (χ3n) is 9.14. The first kappa shape index (κ1) is 55.6. The maximum atomic E-state index is 12.7.